The molecule has 0 aliphatic carbocycles. The average Bonchev–Trinajstić information content (AvgIpc) is 2.04. The highest BCUT2D eigenvalue weighted by molar-refractivity contribution is 5.91. The van der Waals surface area contributed by atoms with E-state index in [2.05, 4.69) is 29.8 Å². The molecule has 0 aliphatic rings. The minimum atomic E-state index is -0.731. The van der Waals surface area contributed by atoms with Gasteiger partial charge in [0, 0.05) is 5.57 Å². The van der Waals surface area contributed by atoms with Crippen molar-refractivity contribution < 1.29 is 14.7 Å². The van der Waals surface area contributed by atoms with Crippen molar-refractivity contribution >= 4 is 18.7 Å². The van der Waals surface area contributed by atoms with Crippen molar-refractivity contribution in [2.75, 3.05) is 6.61 Å². The van der Waals surface area contributed by atoms with Crippen molar-refractivity contribution in [2.24, 2.45) is 16.5 Å². The number of nitrogens with two attached hydrogens (primary N) is 2. The second kappa shape index (κ2) is 7.42. The number of hydrogen-bond acceptors (Lipinski definition) is 3. The Morgan fingerprint density at radius 1 is 1.42 bits per heavy atom. The van der Waals surface area contributed by atoms with Gasteiger partial charge in [0.15, 0.2) is 0 Å². The van der Waals surface area contributed by atoms with E-state index in [0.29, 0.717) is 0 Å². The number of aliphatic hydroxyl groups excluding tert-OH is 1. The molecule has 0 fully saturated rings. The molecule has 0 saturated heterocycles. The Morgan fingerprint density at radius 2 is 1.75 bits per heavy atom. The van der Waals surface area contributed by atoms with E-state index in [1.807, 2.05) is 0 Å². The van der Waals surface area contributed by atoms with Crippen LogP contribution >= 0.6 is 0 Å². The van der Waals surface area contributed by atoms with Gasteiger partial charge in [0.25, 0.3) is 0 Å². The molecule has 0 aromatic carbocycles. The minimum absolute atomic E-state index is 0.0417. The summed E-state index contributed by atoms with van der Waals surface area (Å²) < 4.78 is 0. The van der Waals surface area contributed by atoms with Gasteiger partial charge in [0.1, 0.15) is 0 Å². The molecule has 0 spiro atoms. The standard InChI is InChI=1S/C4H7NO2.C2H4N2O/c1-3(2-6)4(5)7;1-4-2(3)5/h6H,1-2H2,(H2,5,7);1H2,(H2,3,5). The van der Waals surface area contributed by atoms with Gasteiger partial charge in [-0.3, -0.25) is 4.79 Å². The van der Waals surface area contributed by atoms with E-state index in [0.717, 1.165) is 0 Å². The maximum Gasteiger partial charge on any atom is 0.337 e. The number of rotatable bonds is 2. The molecule has 0 aliphatic heterocycles. The zero-order valence-corrected chi connectivity index (χ0v) is 6.49. The van der Waals surface area contributed by atoms with Crippen LogP contribution in [0.1, 0.15) is 0 Å². The monoisotopic (exact) mass is 173 g/mol. The van der Waals surface area contributed by atoms with Crippen LogP contribution in [0.25, 0.3) is 0 Å². The number of amides is 3. The number of primary amides is 2. The second-order valence-corrected chi connectivity index (χ2v) is 1.62. The Labute approximate surface area is 69.6 Å². The lowest BCUT2D eigenvalue weighted by Gasteiger charge is -1.88. The summed E-state index contributed by atoms with van der Waals surface area (Å²) in [5.41, 5.74) is 9.11. The molecule has 0 bridgehead atoms. The van der Waals surface area contributed by atoms with Gasteiger partial charge in [-0.15, -0.1) is 0 Å². The summed E-state index contributed by atoms with van der Waals surface area (Å²) in [6.45, 7) is 5.63. The molecule has 0 heterocycles. The quantitative estimate of drug-likeness (QED) is 0.359. The number of hydrogen-bond donors (Lipinski definition) is 3. The highest BCUT2D eigenvalue weighted by atomic mass is 16.3. The normalized spacial score (nSPS) is 7.42. The molecule has 12 heavy (non-hydrogen) atoms. The van der Waals surface area contributed by atoms with E-state index in [1.54, 1.807) is 0 Å². The van der Waals surface area contributed by atoms with Crippen molar-refractivity contribution in [3.63, 3.8) is 0 Å². The smallest absolute Gasteiger partial charge is 0.337 e. The summed E-state index contributed by atoms with van der Waals surface area (Å²) >= 11 is 0. The third kappa shape index (κ3) is 11.2. The summed E-state index contributed by atoms with van der Waals surface area (Å²) in [5.74, 6) is -0.650. The van der Waals surface area contributed by atoms with E-state index < -0.39 is 11.9 Å². The molecule has 0 radical (unpaired) electrons. The van der Waals surface area contributed by atoms with Crippen LogP contribution in [0.15, 0.2) is 17.1 Å². The summed E-state index contributed by atoms with van der Waals surface area (Å²) in [6.07, 6.45) is 0. The number of nitrogens with zero attached hydrogens (tertiary/aromatic N) is 1. The molecule has 5 N–H and O–H groups in total. The van der Waals surface area contributed by atoms with Crippen LogP contribution in [0.4, 0.5) is 4.79 Å². The molecular formula is C6H11N3O3. The van der Waals surface area contributed by atoms with Crippen LogP contribution in [-0.2, 0) is 4.79 Å². The van der Waals surface area contributed by atoms with Crippen LogP contribution in [0, 0.1) is 0 Å². The Morgan fingerprint density at radius 3 is 1.75 bits per heavy atom. The van der Waals surface area contributed by atoms with Gasteiger partial charge in [-0.25, -0.2) is 9.79 Å². The Bertz CT molecular complexity index is 200. The Kier molecular flexibility index (Phi) is 8.00. The molecular weight excluding hydrogens is 162 g/mol. The molecule has 0 aromatic rings. The van der Waals surface area contributed by atoms with Gasteiger partial charge in [-0.05, 0) is 6.72 Å². The average molecular weight is 173 g/mol. The first-order chi connectivity index (χ1) is 5.45. The third-order valence-corrected chi connectivity index (χ3v) is 0.695. The maximum atomic E-state index is 9.89. The van der Waals surface area contributed by atoms with E-state index >= 15 is 0 Å². The van der Waals surface area contributed by atoms with Gasteiger partial charge in [-0.1, -0.05) is 6.58 Å². The molecule has 0 aromatic heterocycles. The predicted octanol–water partition coefficient (Wildman–Crippen LogP) is -1.21. The highest BCUT2D eigenvalue weighted by Gasteiger charge is 1.94. The summed E-state index contributed by atoms with van der Waals surface area (Å²) in [4.78, 5) is 22.0. The number of urea groups is 1. The zero-order valence-electron chi connectivity index (χ0n) is 6.49. The van der Waals surface area contributed by atoms with E-state index in [4.69, 9.17) is 5.11 Å². The number of carbonyl (C=O) groups excluding carboxylic acids is 2. The molecule has 0 saturated carbocycles. The van der Waals surface area contributed by atoms with Gasteiger partial charge in [0.2, 0.25) is 5.91 Å². The van der Waals surface area contributed by atoms with Crippen LogP contribution in [-0.4, -0.2) is 30.4 Å². The number of aliphatic imine (C=N–C) groups is 1. The van der Waals surface area contributed by atoms with Gasteiger partial charge >= 0.3 is 6.03 Å². The maximum absolute atomic E-state index is 9.89. The van der Waals surface area contributed by atoms with Gasteiger partial charge in [-0.2, -0.15) is 0 Å². The van der Waals surface area contributed by atoms with Crippen molar-refractivity contribution in [3.05, 3.63) is 12.2 Å². The van der Waals surface area contributed by atoms with Crippen molar-refractivity contribution in [3.8, 4) is 0 Å². The SMILES string of the molecule is C=C(CO)C(N)=O.C=NC(N)=O. The van der Waals surface area contributed by atoms with Crippen molar-refractivity contribution in [1.29, 1.82) is 0 Å². The molecule has 0 rings (SSSR count). The number of aliphatic hydroxyl groups is 1. The van der Waals surface area contributed by atoms with Crippen LogP contribution in [0.3, 0.4) is 0 Å². The summed E-state index contributed by atoms with van der Waals surface area (Å²) in [6, 6.07) is -0.731. The van der Waals surface area contributed by atoms with Crippen LogP contribution in [0.5, 0.6) is 0 Å². The lowest BCUT2D eigenvalue weighted by Crippen LogP contribution is -2.14. The van der Waals surface area contributed by atoms with Gasteiger partial charge in [0.05, 0.1) is 6.61 Å². The fourth-order valence-electron chi connectivity index (χ4n) is 0.0779. The van der Waals surface area contributed by atoms with Crippen molar-refractivity contribution in [1.82, 2.24) is 0 Å². The largest absolute Gasteiger partial charge is 0.391 e. The molecule has 3 amide bonds. The van der Waals surface area contributed by atoms with Crippen LogP contribution in [0.2, 0.25) is 0 Å². The van der Waals surface area contributed by atoms with Gasteiger partial charge < -0.3 is 16.6 Å². The molecule has 6 nitrogen and oxygen atoms in total. The first-order valence-electron chi connectivity index (χ1n) is 2.80. The summed E-state index contributed by atoms with van der Waals surface area (Å²) in [7, 11) is 0. The Balaban J connectivity index is 0. The molecule has 6 heteroatoms. The predicted molar refractivity (Wildman–Crippen MR) is 44.6 cm³/mol. The molecule has 0 atom stereocenters. The van der Waals surface area contributed by atoms with E-state index in [-0.39, 0.29) is 12.2 Å². The summed E-state index contributed by atoms with van der Waals surface area (Å²) in [5, 5.41) is 8.10. The molecule has 68 valence electrons. The highest BCUT2D eigenvalue weighted by Crippen LogP contribution is 1.80. The fourth-order valence-corrected chi connectivity index (χ4v) is 0.0779. The van der Waals surface area contributed by atoms with Crippen LogP contribution < -0.4 is 11.5 Å². The first kappa shape index (κ1) is 12.9. The topological polar surface area (TPSA) is 119 Å². The lowest BCUT2D eigenvalue weighted by atomic mass is 10.3. The fraction of sp³-hybridized carbons (Fsp3) is 0.167. The third-order valence-electron chi connectivity index (χ3n) is 0.695. The zero-order chi connectivity index (χ0) is 10.1. The van der Waals surface area contributed by atoms with Crippen molar-refractivity contribution in [2.45, 2.75) is 0 Å². The Hall–Kier alpha value is -1.69. The van der Waals surface area contributed by atoms with E-state index in [1.165, 1.54) is 0 Å². The second-order valence-electron chi connectivity index (χ2n) is 1.62. The minimum Gasteiger partial charge on any atom is -0.391 e. The molecule has 0 unspecified atom stereocenters. The first-order valence-corrected chi connectivity index (χ1v) is 2.80. The lowest BCUT2D eigenvalue weighted by molar-refractivity contribution is -0.114. The number of carbonyl (C=O) groups is 2. The van der Waals surface area contributed by atoms with E-state index in [9.17, 15) is 9.59 Å².